The number of aliphatic imine (C=N–C) groups is 1. The van der Waals surface area contributed by atoms with Gasteiger partial charge in [-0.2, -0.15) is 25.1 Å². The number of azo groups is 2. The number of nitrogens with zero attached hydrogens (tertiary/aromatic N) is 14. The lowest BCUT2D eigenvalue weighted by atomic mass is 10.3. The number of aryl methyl sites for hydroxylation is 4. The maximum atomic E-state index is 12.9. The van der Waals surface area contributed by atoms with Crippen molar-refractivity contribution in [1.82, 2.24) is 44.1 Å². The second-order valence-corrected chi connectivity index (χ2v) is 10.8. The number of ether oxygens (including phenoxy) is 2. The number of nitrogens with two attached hydrogens (primary N) is 2. The fourth-order valence-electron chi connectivity index (χ4n) is 4.82. The van der Waals surface area contributed by atoms with E-state index in [-0.39, 0.29) is 47.6 Å². The summed E-state index contributed by atoms with van der Waals surface area (Å²) in [4.78, 5) is 34.5. The highest BCUT2D eigenvalue weighted by atomic mass is 16.6. The summed E-state index contributed by atoms with van der Waals surface area (Å²) in [7, 11) is 3.19. The van der Waals surface area contributed by atoms with E-state index >= 15 is 0 Å². The van der Waals surface area contributed by atoms with Crippen LogP contribution in [0.1, 0.15) is 38.5 Å². The molecule has 0 spiro atoms. The third-order valence-electron chi connectivity index (χ3n) is 7.38. The number of hydrogen-bond donors (Lipinski definition) is 2. The van der Waals surface area contributed by atoms with Crippen LogP contribution in [0.15, 0.2) is 74.4 Å². The molecule has 0 radical (unpaired) electrons. The third-order valence-corrected chi connectivity index (χ3v) is 7.38. The number of carbonyl (C=O) groups is 2. The van der Waals surface area contributed by atoms with Crippen LogP contribution in [0.25, 0.3) is 5.82 Å². The Labute approximate surface area is 283 Å². The molecule has 6 heterocycles. The lowest BCUT2D eigenvalue weighted by Crippen LogP contribution is -2.17. The van der Waals surface area contributed by atoms with Crippen molar-refractivity contribution >= 4 is 52.4 Å². The standard InChI is InChI=1S/C30H32N16O4/c1-17-23(25(31)45(41-17)21-9-5-7-11-33-21)37-39-27-19(15-35-43(27)3)29(47)49-13-14-50-30(48)20-16-36-44(4)28(20)40-38-24-18(2)42-46(26(24)32)22-10-6-8-12-34-22/h5-9,11,15-16H,10,12-14,31-32H2,1-4H3. The first-order chi connectivity index (χ1) is 24.1. The molecule has 20 heteroatoms. The van der Waals surface area contributed by atoms with Crippen molar-refractivity contribution in [1.29, 1.82) is 0 Å². The number of allylic oxidation sites excluding steroid dienone is 1. The van der Waals surface area contributed by atoms with Gasteiger partial charge in [-0.25, -0.2) is 28.6 Å². The number of esters is 2. The molecule has 0 aromatic carbocycles. The Hall–Kier alpha value is -6.86. The van der Waals surface area contributed by atoms with E-state index in [0.29, 0.717) is 47.4 Å². The maximum absolute atomic E-state index is 12.9. The average Bonchev–Trinajstić information content (AvgIpc) is 3.84. The van der Waals surface area contributed by atoms with E-state index in [1.807, 2.05) is 12.2 Å². The number of pyridine rings is 1. The molecule has 256 valence electrons. The molecule has 0 amide bonds. The summed E-state index contributed by atoms with van der Waals surface area (Å²) in [6.45, 7) is 3.49. The van der Waals surface area contributed by atoms with Gasteiger partial charge in [0.05, 0.1) is 30.3 Å². The Balaban J connectivity index is 1.07. The summed E-state index contributed by atoms with van der Waals surface area (Å²) in [5.74, 6) is 0.428. The molecular weight excluding hydrogens is 648 g/mol. The topological polar surface area (TPSA) is 251 Å². The third kappa shape index (κ3) is 6.61. The van der Waals surface area contributed by atoms with Gasteiger partial charge in [-0.15, -0.1) is 20.5 Å². The summed E-state index contributed by atoms with van der Waals surface area (Å²) < 4.78 is 16.4. The fourth-order valence-corrected chi connectivity index (χ4v) is 4.82. The van der Waals surface area contributed by atoms with Crippen LogP contribution in [0.5, 0.6) is 0 Å². The normalized spacial score (nSPS) is 13.0. The number of rotatable bonds is 10. The molecule has 6 rings (SSSR count). The molecule has 5 aromatic heterocycles. The fraction of sp³-hybridized carbons (Fsp3) is 0.267. The molecule has 0 atom stereocenters. The Morgan fingerprint density at radius 2 is 1.36 bits per heavy atom. The number of dihydropyridines is 1. The largest absolute Gasteiger partial charge is 0.458 e. The van der Waals surface area contributed by atoms with E-state index < -0.39 is 11.9 Å². The Morgan fingerprint density at radius 3 is 1.88 bits per heavy atom. The molecule has 1 aliphatic heterocycles. The van der Waals surface area contributed by atoms with Crippen molar-refractivity contribution < 1.29 is 19.1 Å². The van der Waals surface area contributed by atoms with Crippen molar-refractivity contribution in [2.45, 2.75) is 20.3 Å². The lowest BCUT2D eigenvalue weighted by molar-refractivity contribution is 0.0266. The van der Waals surface area contributed by atoms with Crippen LogP contribution < -0.4 is 11.5 Å². The van der Waals surface area contributed by atoms with Crippen LogP contribution in [0.2, 0.25) is 0 Å². The van der Waals surface area contributed by atoms with Crippen LogP contribution in [0.3, 0.4) is 0 Å². The minimum absolute atomic E-state index is 0.0378. The van der Waals surface area contributed by atoms with Gasteiger partial charge in [0, 0.05) is 26.7 Å². The van der Waals surface area contributed by atoms with E-state index in [9.17, 15) is 9.59 Å². The van der Waals surface area contributed by atoms with E-state index in [2.05, 4.69) is 50.8 Å². The molecule has 50 heavy (non-hydrogen) atoms. The van der Waals surface area contributed by atoms with Gasteiger partial charge < -0.3 is 20.9 Å². The first kappa shape index (κ1) is 33.1. The highest BCUT2D eigenvalue weighted by Gasteiger charge is 2.22. The van der Waals surface area contributed by atoms with E-state index in [0.717, 1.165) is 0 Å². The predicted molar refractivity (Wildman–Crippen MR) is 179 cm³/mol. The zero-order valence-corrected chi connectivity index (χ0v) is 27.5. The van der Waals surface area contributed by atoms with Gasteiger partial charge in [0.2, 0.25) is 0 Å². The molecule has 0 saturated carbocycles. The quantitative estimate of drug-likeness (QED) is 0.0929. The molecule has 0 aliphatic carbocycles. The smallest absolute Gasteiger partial charge is 0.343 e. The van der Waals surface area contributed by atoms with Gasteiger partial charge in [-0.3, -0.25) is 4.99 Å². The molecule has 20 nitrogen and oxygen atoms in total. The molecule has 5 aromatic rings. The minimum Gasteiger partial charge on any atom is -0.458 e. The van der Waals surface area contributed by atoms with Gasteiger partial charge in [0.1, 0.15) is 30.2 Å². The number of carbonyl (C=O) groups excluding carboxylic acids is 2. The van der Waals surface area contributed by atoms with E-state index in [1.54, 1.807) is 52.3 Å². The molecule has 0 fully saturated rings. The molecule has 4 N–H and O–H groups in total. The molecule has 0 unspecified atom stereocenters. The predicted octanol–water partition coefficient (Wildman–Crippen LogP) is 3.76. The van der Waals surface area contributed by atoms with Gasteiger partial charge in [-0.1, -0.05) is 18.2 Å². The van der Waals surface area contributed by atoms with Gasteiger partial charge in [0.15, 0.2) is 40.5 Å². The number of nitrogen functional groups attached to an aromatic ring is 2. The summed E-state index contributed by atoms with van der Waals surface area (Å²) in [5, 5.41) is 33.9. The lowest BCUT2D eigenvalue weighted by Gasteiger charge is -2.08. The van der Waals surface area contributed by atoms with Crippen molar-refractivity contribution in [3.8, 4) is 5.82 Å². The van der Waals surface area contributed by atoms with Crippen LogP contribution >= 0.6 is 0 Å². The van der Waals surface area contributed by atoms with E-state index in [1.165, 1.54) is 31.1 Å². The number of hydrogen-bond acceptors (Lipinski definition) is 16. The van der Waals surface area contributed by atoms with Crippen molar-refractivity contribution in [3.63, 3.8) is 0 Å². The first-order valence-electron chi connectivity index (χ1n) is 15.2. The Kier molecular flexibility index (Phi) is 9.32. The Morgan fingerprint density at radius 1 is 0.800 bits per heavy atom. The SMILES string of the molecule is Cc1nn(C2=NCC=CC2)c(N)c1N=Nc1c(C(=O)OCCOC(=O)c2cnn(C)c2N=Nc2c(C)nn(-c3ccccn3)c2N)cnn1C. The summed E-state index contributed by atoms with van der Waals surface area (Å²) in [5.41, 5.74) is 14.3. The minimum atomic E-state index is -0.753. The molecule has 0 bridgehead atoms. The van der Waals surface area contributed by atoms with Crippen molar-refractivity contribution in [2.24, 2.45) is 39.5 Å². The highest BCUT2D eigenvalue weighted by molar-refractivity contribution is 5.95. The summed E-state index contributed by atoms with van der Waals surface area (Å²) in [6.07, 6.45) is 8.73. The molecular formula is C30H32N16O4. The Bertz CT molecular complexity index is 2180. The number of aromatic nitrogens is 9. The van der Waals surface area contributed by atoms with E-state index in [4.69, 9.17) is 20.9 Å². The van der Waals surface area contributed by atoms with Crippen LogP contribution in [-0.2, 0) is 23.6 Å². The van der Waals surface area contributed by atoms with Gasteiger partial charge in [0.25, 0.3) is 0 Å². The van der Waals surface area contributed by atoms with Crippen molar-refractivity contribution in [2.75, 3.05) is 31.2 Å². The van der Waals surface area contributed by atoms with Gasteiger partial charge in [-0.05, 0) is 26.0 Å². The van der Waals surface area contributed by atoms with Crippen LogP contribution in [0.4, 0.5) is 34.6 Å². The average molecular weight is 681 g/mol. The monoisotopic (exact) mass is 680 g/mol. The van der Waals surface area contributed by atoms with Crippen molar-refractivity contribution in [3.05, 3.63) is 71.5 Å². The molecule has 0 saturated heterocycles. The second kappa shape index (κ2) is 14.1. The summed E-state index contributed by atoms with van der Waals surface area (Å²) >= 11 is 0. The maximum Gasteiger partial charge on any atom is 0.343 e. The van der Waals surface area contributed by atoms with Crippen LogP contribution in [0, 0.1) is 13.8 Å². The van der Waals surface area contributed by atoms with Gasteiger partial charge >= 0.3 is 11.9 Å². The zero-order valence-electron chi connectivity index (χ0n) is 27.5. The second-order valence-electron chi connectivity index (χ2n) is 10.8. The highest BCUT2D eigenvalue weighted by Crippen LogP contribution is 2.32. The summed E-state index contributed by atoms with van der Waals surface area (Å²) in [6, 6.07) is 5.33. The van der Waals surface area contributed by atoms with Crippen LogP contribution in [-0.4, -0.2) is 81.6 Å². The molecule has 1 aliphatic rings. The number of anilines is 2. The zero-order chi connectivity index (χ0) is 35.4. The first-order valence-corrected chi connectivity index (χ1v) is 15.2.